The van der Waals surface area contributed by atoms with Crippen LogP contribution in [0.5, 0.6) is 0 Å². The topological polar surface area (TPSA) is 98.7 Å². The molecule has 0 aromatic rings. The average Bonchev–Trinajstić information content (AvgIpc) is 2.25. The van der Waals surface area contributed by atoms with Crippen molar-refractivity contribution in [2.45, 2.75) is 32.2 Å². The van der Waals surface area contributed by atoms with Gasteiger partial charge in [-0.25, -0.2) is 4.79 Å². The van der Waals surface area contributed by atoms with Crippen LogP contribution in [0.1, 0.15) is 26.2 Å². The van der Waals surface area contributed by atoms with Crippen molar-refractivity contribution in [1.29, 1.82) is 0 Å². The zero-order chi connectivity index (χ0) is 14.1. The lowest BCUT2D eigenvalue weighted by Crippen LogP contribution is -2.46. The van der Waals surface area contributed by atoms with E-state index < -0.39 is 18.0 Å². The Morgan fingerprint density at radius 3 is 2.33 bits per heavy atom. The summed E-state index contributed by atoms with van der Waals surface area (Å²) in [4.78, 5) is 34.6. The van der Waals surface area contributed by atoms with Gasteiger partial charge in [-0.3, -0.25) is 9.59 Å². The average molecular weight is 259 g/mol. The molecule has 7 heteroatoms. The predicted molar refractivity (Wildman–Crippen MR) is 66.2 cm³/mol. The third-order valence-electron chi connectivity index (χ3n) is 2.29. The molecule has 1 atom stereocenters. The minimum atomic E-state index is -0.960. The lowest BCUT2D eigenvalue weighted by atomic mass is 10.1. The van der Waals surface area contributed by atoms with Gasteiger partial charge in [0.05, 0.1) is 13.0 Å². The first-order chi connectivity index (χ1) is 8.36. The molecule has 7 nitrogen and oxygen atoms in total. The van der Waals surface area contributed by atoms with E-state index in [-0.39, 0.29) is 18.9 Å². The van der Waals surface area contributed by atoms with E-state index in [9.17, 15) is 14.4 Å². The van der Waals surface area contributed by atoms with Crippen molar-refractivity contribution < 1.29 is 19.5 Å². The van der Waals surface area contributed by atoms with Gasteiger partial charge in [-0.05, 0) is 6.42 Å². The van der Waals surface area contributed by atoms with Gasteiger partial charge in [-0.2, -0.15) is 0 Å². The highest BCUT2D eigenvalue weighted by Gasteiger charge is 2.15. The van der Waals surface area contributed by atoms with E-state index in [0.717, 1.165) is 6.42 Å². The molecule has 0 fully saturated rings. The standard InChI is InChI=1S/C11H21N3O4/c1-4-5-8(6-10(16)17)13-11(18)12-7-9(15)14(2)3/h8H,4-7H2,1-3H3,(H,16,17)(H2,12,13,18). The van der Waals surface area contributed by atoms with Gasteiger partial charge in [-0.15, -0.1) is 0 Å². The fourth-order valence-corrected chi connectivity index (χ4v) is 1.33. The lowest BCUT2D eigenvalue weighted by molar-refractivity contribution is -0.137. The largest absolute Gasteiger partial charge is 0.481 e. The van der Waals surface area contributed by atoms with Gasteiger partial charge in [0.1, 0.15) is 0 Å². The van der Waals surface area contributed by atoms with Crippen molar-refractivity contribution in [2.75, 3.05) is 20.6 Å². The highest BCUT2D eigenvalue weighted by Crippen LogP contribution is 2.01. The summed E-state index contributed by atoms with van der Waals surface area (Å²) in [6.07, 6.45) is 1.24. The van der Waals surface area contributed by atoms with Crippen molar-refractivity contribution in [1.82, 2.24) is 15.5 Å². The maximum Gasteiger partial charge on any atom is 0.315 e. The maximum atomic E-state index is 11.5. The number of likely N-dealkylation sites (N-methyl/N-ethyl adjacent to an activating group) is 1. The van der Waals surface area contributed by atoms with Crippen LogP contribution in [0.3, 0.4) is 0 Å². The lowest BCUT2D eigenvalue weighted by Gasteiger charge is -2.17. The zero-order valence-electron chi connectivity index (χ0n) is 11.0. The number of hydrogen-bond donors (Lipinski definition) is 3. The molecule has 0 aromatic carbocycles. The Kier molecular flexibility index (Phi) is 7.50. The highest BCUT2D eigenvalue weighted by molar-refractivity contribution is 5.84. The Labute approximate surface area is 107 Å². The van der Waals surface area contributed by atoms with Crippen LogP contribution in [0, 0.1) is 0 Å². The van der Waals surface area contributed by atoms with Crippen molar-refractivity contribution in [3.05, 3.63) is 0 Å². The number of carbonyl (C=O) groups is 3. The maximum absolute atomic E-state index is 11.5. The third-order valence-corrected chi connectivity index (χ3v) is 2.29. The van der Waals surface area contributed by atoms with Crippen LogP contribution in [0.4, 0.5) is 4.79 Å². The fraction of sp³-hybridized carbons (Fsp3) is 0.727. The molecule has 0 rings (SSSR count). The molecule has 3 N–H and O–H groups in total. The Balaban J connectivity index is 4.09. The number of carbonyl (C=O) groups excluding carboxylic acids is 2. The van der Waals surface area contributed by atoms with E-state index in [0.29, 0.717) is 6.42 Å². The molecular formula is C11H21N3O4. The summed E-state index contributed by atoms with van der Waals surface area (Å²) in [5.41, 5.74) is 0. The molecule has 0 aliphatic heterocycles. The first-order valence-electron chi connectivity index (χ1n) is 5.83. The molecule has 0 spiro atoms. The summed E-state index contributed by atoms with van der Waals surface area (Å²) in [6.45, 7) is 1.80. The van der Waals surface area contributed by atoms with Crippen LogP contribution in [-0.2, 0) is 9.59 Å². The Morgan fingerprint density at radius 1 is 1.28 bits per heavy atom. The second-order valence-corrected chi connectivity index (χ2v) is 4.20. The summed E-state index contributed by atoms with van der Waals surface area (Å²) < 4.78 is 0. The Hall–Kier alpha value is -1.79. The van der Waals surface area contributed by atoms with Crippen LogP contribution < -0.4 is 10.6 Å². The number of amides is 3. The number of aliphatic carboxylic acids is 1. The molecule has 104 valence electrons. The molecule has 0 heterocycles. The number of hydrogen-bond acceptors (Lipinski definition) is 3. The summed E-state index contributed by atoms with van der Waals surface area (Å²) in [6, 6.07) is -0.938. The summed E-state index contributed by atoms with van der Waals surface area (Å²) in [5.74, 6) is -1.19. The summed E-state index contributed by atoms with van der Waals surface area (Å²) >= 11 is 0. The molecule has 3 amide bonds. The first-order valence-corrected chi connectivity index (χ1v) is 5.83. The van der Waals surface area contributed by atoms with Crippen LogP contribution in [0.15, 0.2) is 0 Å². The van der Waals surface area contributed by atoms with Crippen molar-refractivity contribution >= 4 is 17.9 Å². The predicted octanol–water partition coefficient (Wildman–Crippen LogP) is 0.0172. The van der Waals surface area contributed by atoms with Crippen molar-refractivity contribution in [2.24, 2.45) is 0 Å². The second kappa shape index (κ2) is 8.32. The normalized spacial score (nSPS) is 11.5. The number of urea groups is 1. The van der Waals surface area contributed by atoms with E-state index in [2.05, 4.69) is 10.6 Å². The molecule has 18 heavy (non-hydrogen) atoms. The molecule has 0 radical (unpaired) electrons. The Morgan fingerprint density at radius 2 is 1.89 bits per heavy atom. The SMILES string of the molecule is CCCC(CC(=O)O)NC(=O)NCC(=O)N(C)C. The van der Waals surface area contributed by atoms with E-state index in [1.54, 1.807) is 14.1 Å². The monoisotopic (exact) mass is 259 g/mol. The highest BCUT2D eigenvalue weighted by atomic mass is 16.4. The number of carboxylic acid groups (broad SMARTS) is 1. The number of nitrogens with zero attached hydrogens (tertiary/aromatic N) is 1. The van der Waals surface area contributed by atoms with Crippen molar-refractivity contribution in [3.63, 3.8) is 0 Å². The Bertz CT molecular complexity index is 305. The number of carboxylic acids is 1. The molecule has 1 unspecified atom stereocenters. The van der Waals surface area contributed by atoms with Gasteiger partial charge >= 0.3 is 12.0 Å². The quantitative estimate of drug-likeness (QED) is 0.600. The first kappa shape index (κ1) is 16.2. The van der Waals surface area contributed by atoms with Crippen LogP contribution in [0.2, 0.25) is 0 Å². The molecule has 0 saturated carbocycles. The minimum Gasteiger partial charge on any atom is -0.481 e. The second-order valence-electron chi connectivity index (χ2n) is 4.20. The fourth-order valence-electron chi connectivity index (χ4n) is 1.33. The van der Waals surface area contributed by atoms with Crippen LogP contribution in [-0.4, -0.2) is 54.6 Å². The molecule has 0 aromatic heterocycles. The van der Waals surface area contributed by atoms with Gasteiger partial charge in [0.2, 0.25) is 5.91 Å². The van der Waals surface area contributed by atoms with E-state index in [1.807, 2.05) is 6.92 Å². The van der Waals surface area contributed by atoms with E-state index in [4.69, 9.17) is 5.11 Å². The summed E-state index contributed by atoms with van der Waals surface area (Å²) in [7, 11) is 3.18. The molecule has 0 aliphatic rings. The minimum absolute atomic E-state index is 0.106. The summed E-state index contributed by atoms with van der Waals surface area (Å²) in [5, 5.41) is 13.6. The number of nitrogens with one attached hydrogen (secondary N) is 2. The molecule has 0 bridgehead atoms. The van der Waals surface area contributed by atoms with Gasteiger partial charge < -0.3 is 20.6 Å². The van der Waals surface area contributed by atoms with Crippen LogP contribution in [0.25, 0.3) is 0 Å². The van der Waals surface area contributed by atoms with E-state index >= 15 is 0 Å². The number of rotatable bonds is 7. The van der Waals surface area contributed by atoms with E-state index in [1.165, 1.54) is 4.90 Å². The zero-order valence-corrected chi connectivity index (χ0v) is 11.0. The smallest absolute Gasteiger partial charge is 0.315 e. The van der Waals surface area contributed by atoms with Crippen molar-refractivity contribution in [3.8, 4) is 0 Å². The van der Waals surface area contributed by atoms with Crippen LogP contribution >= 0.6 is 0 Å². The molecule has 0 aliphatic carbocycles. The van der Waals surface area contributed by atoms with Gasteiger partial charge in [-0.1, -0.05) is 13.3 Å². The molecular weight excluding hydrogens is 238 g/mol. The van der Waals surface area contributed by atoms with Gasteiger partial charge in [0.25, 0.3) is 0 Å². The van der Waals surface area contributed by atoms with Gasteiger partial charge in [0.15, 0.2) is 0 Å². The van der Waals surface area contributed by atoms with Gasteiger partial charge in [0, 0.05) is 20.1 Å². The third kappa shape index (κ3) is 7.48. The molecule has 0 saturated heterocycles.